The molecular weight excluding hydrogens is 608 g/mol. The zero-order chi connectivity index (χ0) is 33.4. The lowest BCUT2D eigenvalue weighted by molar-refractivity contribution is -0.168. The molecule has 10 heteroatoms. The highest BCUT2D eigenvalue weighted by Gasteiger charge is 2.47. The van der Waals surface area contributed by atoms with Crippen LogP contribution in [0.4, 0.5) is 0 Å². The molecule has 0 radical (unpaired) electrons. The van der Waals surface area contributed by atoms with Crippen LogP contribution in [0.2, 0.25) is 5.02 Å². The van der Waals surface area contributed by atoms with Crippen molar-refractivity contribution in [2.45, 2.75) is 84.3 Å². The molecule has 2 aliphatic heterocycles. The van der Waals surface area contributed by atoms with E-state index in [0.717, 1.165) is 11.1 Å². The first-order chi connectivity index (χ1) is 21.9. The third-order valence-corrected chi connectivity index (χ3v) is 8.61. The summed E-state index contributed by atoms with van der Waals surface area (Å²) in [5, 5.41) is 6.22. The summed E-state index contributed by atoms with van der Waals surface area (Å²) >= 11 is 6.34. The average Bonchev–Trinajstić information content (AvgIpc) is 3.82. The fourth-order valence-corrected chi connectivity index (χ4v) is 5.82. The third kappa shape index (κ3) is 10.0. The first-order valence-corrected chi connectivity index (χ1v) is 16.3. The molecule has 0 bridgehead atoms. The van der Waals surface area contributed by atoms with E-state index in [-0.39, 0.29) is 55.9 Å². The maximum Gasteiger partial charge on any atom is 0.335 e. The lowest BCUT2D eigenvalue weighted by Gasteiger charge is -2.30. The molecule has 46 heavy (non-hydrogen) atoms. The number of rotatable bonds is 8. The molecule has 1 unspecified atom stereocenters. The van der Waals surface area contributed by atoms with Crippen LogP contribution in [0.1, 0.15) is 64.7 Å². The molecule has 250 valence electrons. The Morgan fingerprint density at radius 1 is 1.07 bits per heavy atom. The molecule has 6 atom stereocenters. The van der Waals surface area contributed by atoms with Gasteiger partial charge in [0, 0.05) is 30.7 Å². The highest BCUT2D eigenvalue weighted by molar-refractivity contribution is 6.32. The van der Waals surface area contributed by atoms with Crippen LogP contribution < -0.4 is 15.4 Å². The fraction of sp³-hybridized carbons (Fsp3) is 0.528. The summed E-state index contributed by atoms with van der Waals surface area (Å²) in [5.41, 5.74) is 1.32. The number of benzene rings is 2. The van der Waals surface area contributed by atoms with Crippen molar-refractivity contribution in [3.05, 3.63) is 76.8 Å². The van der Waals surface area contributed by atoms with Crippen molar-refractivity contribution in [2.75, 3.05) is 20.3 Å². The molecule has 9 nitrogen and oxygen atoms in total. The number of methoxy groups -OCH3 is 1. The van der Waals surface area contributed by atoms with Crippen molar-refractivity contribution >= 4 is 29.4 Å². The standard InChI is InChI=1S/C36H47ClN2O7/c1-22(2)17-30-35(42)45-28(23(3)32-33(46-32)25-11-8-7-9-12-25)13-10-14-31(40)39-27(34(41)38-20-36(4,5)21-44-30)19-24-15-16-29(43-6)26(37)18-24/h7-12,14-16,18,22-23,27-28,30,32-33H,13,17,19-21H2,1-6H3,(H,38,41)(H,39,40)/b14-10+/t23-,27?,28-,30-,32+,33+/m0/s1. The Kier molecular flexibility index (Phi) is 12.3. The van der Waals surface area contributed by atoms with Gasteiger partial charge in [-0.2, -0.15) is 0 Å². The predicted octanol–water partition coefficient (Wildman–Crippen LogP) is 5.60. The zero-order valence-corrected chi connectivity index (χ0v) is 28.3. The summed E-state index contributed by atoms with van der Waals surface area (Å²) in [7, 11) is 1.53. The van der Waals surface area contributed by atoms with Gasteiger partial charge in [-0.1, -0.05) is 88.7 Å². The Hall–Kier alpha value is -3.40. The Morgan fingerprint density at radius 3 is 2.48 bits per heavy atom. The molecule has 2 aromatic carbocycles. The minimum Gasteiger partial charge on any atom is -0.495 e. The van der Waals surface area contributed by atoms with E-state index in [0.29, 0.717) is 17.2 Å². The van der Waals surface area contributed by atoms with Gasteiger partial charge in [-0.05, 0) is 41.7 Å². The van der Waals surface area contributed by atoms with Gasteiger partial charge < -0.3 is 29.6 Å². The van der Waals surface area contributed by atoms with Crippen LogP contribution in [-0.2, 0) is 35.0 Å². The topological polar surface area (TPSA) is 115 Å². The van der Waals surface area contributed by atoms with Crippen LogP contribution in [0.25, 0.3) is 0 Å². The molecular formula is C36H47ClN2O7. The summed E-state index contributed by atoms with van der Waals surface area (Å²) in [5.74, 6) is -0.660. The Balaban J connectivity index is 1.57. The van der Waals surface area contributed by atoms with Crippen molar-refractivity contribution in [1.82, 2.24) is 10.6 Å². The largest absolute Gasteiger partial charge is 0.495 e. The van der Waals surface area contributed by atoms with Gasteiger partial charge in [0.1, 0.15) is 24.0 Å². The van der Waals surface area contributed by atoms with Crippen LogP contribution in [0.5, 0.6) is 5.75 Å². The summed E-state index contributed by atoms with van der Waals surface area (Å²) in [6.45, 7) is 10.4. The van der Waals surface area contributed by atoms with Crippen LogP contribution in [0, 0.1) is 17.3 Å². The van der Waals surface area contributed by atoms with Gasteiger partial charge in [0.25, 0.3) is 0 Å². The summed E-state index contributed by atoms with van der Waals surface area (Å²) in [6, 6.07) is 14.4. The number of nitrogens with one attached hydrogen (secondary N) is 2. The van der Waals surface area contributed by atoms with Gasteiger partial charge in [0.15, 0.2) is 6.10 Å². The molecule has 0 aromatic heterocycles. The van der Waals surface area contributed by atoms with Crippen molar-refractivity contribution in [3.8, 4) is 5.75 Å². The van der Waals surface area contributed by atoms with E-state index < -0.39 is 35.5 Å². The number of epoxide rings is 1. The highest BCUT2D eigenvalue weighted by atomic mass is 35.5. The van der Waals surface area contributed by atoms with Gasteiger partial charge in [0.05, 0.1) is 24.8 Å². The number of carbonyl (C=O) groups excluding carboxylic acids is 3. The lowest BCUT2D eigenvalue weighted by Crippen LogP contribution is -2.50. The number of hydrogen-bond donors (Lipinski definition) is 2. The van der Waals surface area contributed by atoms with Crippen molar-refractivity contribution in [3.63, 3.8) is 0 Å². The van der Waals surface area contributed by atoms with E-state index in [4.69, 9.17) is 30.5 Å². The van der Waals surface area contributed by atoms with Crippen LogP contribution in [0.15, 0.2) is 60.7 Å². The number of halogens is 1. The summed E-state index contributed by atoms with van der Waals surface area (Å²) in [6.07, 6.45) is 2.49. The van der Waals surface area contributed by atoms with Gasteiger partial charge in [-0.3, -0.25) is 9.59 Å². The van der Waals surface area contributed by atoms with E-state index in [2.05, 4.69) is 10.6 Å². The molecule has 1 saturated heterocycles. The maximum absolute atomic E-state index is 13.6. The molecule has 2 heterocycles. The summed E-state index contributed by atoms with van der Waals surface area (Å²) < 4.78 is 23.7. The number of esters is 1. The van der Waals surface area contributed by atoms with Crippen LogP contribution in [0.3, 0.4) is 0 Å². The number of amides is 2. The van der Waals surface area contributed by atoms with E-state index in [9.17, 15) is 14.4 Å². The second kappa shape index (κ2) is 15.9. The molecule has 2 aromatic rings. The van der Waals surface area contributed by atoms with E-state index in [1.54, 1.807) is 18.2 Å². The van der Waals surface area contributed by atoms with Gasteiger partial charge >= 0.3 is 5.97 Å². The van der Waals surface area contributed by atoms with Crippen molar-refractivity contribution < 1.29 is 33.3 Å². The van der Waals surface area contributed by atoms with Gasteiger partial charge in [0.2, 0.25) is 11.8 Å². The Bertz CT molecular complexity index is 1380. The number of ether oxygens (including phenoxy) is 4. The zero-order valence-electron chi connectivity index (χ0n) is 27.6. The number of carbonyl (C=O) groups is 3. The minimum absolute atomic E-state index is 0.0863. The molecule has 2 aliphatic rings. The lowest BCUT2D eigenvalue weighted by atomic mass is 9.93. The molecule has 0 saturated carbocycles. The minimum atomic E-state index is -0.862. The smallest absolute Gasteiger partial charge is 0.335 e. The van der Waals surface area contributed by atoms with Gasteiger partial charge in [-0.25, -0.2) is 4.79 Å². The first-order valence-electron chi connectivity index (χ1n) is 16.0. The Morgan fingerprint density at radius 2 is 1.80 bits per heavy atom. The van der Waals surface area contributed by atoms with Crippen molar-refractivity contribution in [2.24, 2.45) is 17.3 Å². The summed E-state index contributed by atoms with van der Waals surface area (Å²) in [4.78, 5) is 40.2. The normalized spacial score (nSPS) is 27.2. The maximum atomic E-state index is 13.6. The van der Waals surface area contributed by atoms with E-state index in [1.807, 2.05) is 71.0 Å². The third-order valence-electron chi connectivity index (χ3n) is 8.32. The predicted molar refractivity (Wildman–Crippen MR) is 176 cm³/mol. The van der Waals surface area contributed by atoms with Crippen LogP contribution in [-0.4, -0.2) is 62.4 Å². The van der Waals surface area contributed by atoms with Crippen LogP contribution >= 0.6 is 11.6 Å². The monoisotopic (exact) mass is 654 g/mol. The average molecular weight is 655 g/mol. The molecule has 4 rings (SSSR count). The van der Waals surface area contributed by atoms with E-state index in [1.165, 1.54) is 13.2 Å². The highest BCUT2D eigenvalue weighted by Crippen LogP contribution is 2.45. The Labute approximate surface area is 277 Å². The molecule has 0 aliphatic carbocycles. The van der Waals surface area contributed by atoms with Crippen molar-refractivity contribution in [1.29, 1.82) is 0 Å². The number of hydrogen-bond acceptors (Lipinski definition) is 7. The molecule has 2 amide bonds. The second-order valence-corrected chi connectivity index (χ2v) is 13.9. The number of cyclic esters (lactones) is 1. The first kappa shape index (κ1) is 35.5. The quantitative estimate of drug-likeness (QED) is 0.281. The van der Waals surface area contributed by atoms with E-state index >= 15 is 0 Å². The SMILES string of the molecule is COc1ccc(CC2NC(=O)/C=C/C[C@@H]([C@H](C)[C@H]3O[C@@H]3c3ccccc3)OC(=O)[C@H](CC(C)C)OCC(C)(C)CNC2=O)cc1Cl. The second-order valence-electron chi connectivity index (χ2n) is 13.4. The van der Waals surface area contributed by atoms with Gasteiger partial charge in [-0.15, -0.1) is 0 Å². The molecule has 1 fully saturated rings. The molecule has 0 spiro atoms. The molecule has 2 N–H and O–H groups in total. The fourth-order valence-electron chi connectivity index (χ4n) is 5.54.